The zero-order chi connectivity index (χ0) is 15.4. The Bertz CT molecular complexity index is 479. The third kappa shape index (κ3) is 3.03. The molecule has 3 saturated heterocycles. The number of rotatable bonds is 3. The van der Waals surface area contributed by atoms with Gasteiger partial charge in [-0.1, -0.05) is 30.3 Å². The monoisotopic (exact) mass is 302 g/mol. The molecule has 3 aliphatic heterocycles. The topological polar surface area (TPSA) is 52.6 Å². The molecule has 0 radical (unpaired) electrons. The molecule has 4 nitrogen and oxygen atoms in total. The maximum atomic E-state index is 8.36. The van der Waals surface area contributed by atoms with Crippen molar-refractivity contribution in [3.8, 4) is 0 Å². The third-order valence-electron chi connectivity index (χ3n) is 5.65. The second kappa shape index (κ2) is 6.80. The van der Waals surface area contributed by atoms with Gasteiger partial charge < -0.3 is 15.3 Å². The molecule has 0 amide bonds. The summed E-state index contributed by atoms with van der Waals surface area (Å²) in [5.74, 6) is 0.922. The van der Waals surface area contributed by atoms with Gasteiger partial charge in [-0.05, 0) is 56.7 Å². The average Bonchev–Trinajstić information content (AvgIpc) is 2.54. The minimum atomic E-state index is -0.250. The number of benzene rings is 1. The maximum Gasteiger partial charge on any atom is 0.290 e. The predicted octanol–water partition coefficient (Wildman–Crippen LogP) is 2.45. The lowest BCUT2D eigenvalue weighted by atomic mass is 9.70. The van der Waals surface area contributed by atoms with Crippen LogP contribution in [0, 0.1) is 5.92 Å². The van der Waals surface area contributed by atoms with Crippen molar-refractivity contribution in [3.05, 3.63) is 35.9 Å². The van der Waals surface area contributed by atoms with E-state index in [0.717, 1.165) is 12.0 Å². The van der Waals surface area contributed by atoms with Crippen LogP contribution in [0.1, 0.15) is 37.7 Å². The summed E-state index contributed by atoms with van der Waals surface area (Å²) in [5.41, 5.74) is 1.81. The summed E-state index contributed by atoms with van der Waals surface area (Å²) < 4.78 is 0. The number of hydrogen-bond donors (Lipinski definition) is 2. The molecule has 0 spiro atoms. The standard InChI is InChI=1S/C17H24N2.CH2O2/c1-2-5-15(6-3-1)17(9-4-10-17)18-16-13-19-11-7-14(16)8-12-19;2-1-3/h1-3,5-6,14,16,18H,4,7-13H2;1H,(H,2,3). The predicted molar refractivity (Wildman–Crippen MR) is 86.8 cm³/mol. The summed E-state index contributed by atoms with van der Waals surface area (Å²) in [6.45, 7) is 3.70. The van der Waals surface area contributed by atoms with Crippen LogP contribution in [0.3, 0.4) is 0 Å². The molecule has 120 valence electrons. The van der Waals surface area contributed by atoms with Gasteiger partial charge >= 0.3 is 0 Å². The largest absolute Gasteiger partial charge is 0.483 e. The van der Waals surface area contributed by atoms with Crippen molar-refractivity contribution >= 4 is 6.47 Å². The molecule has 4 aliphatic rings. The highest BCUT2D eigenvalue weighted by atomic mass is 16.3. The molecule has 2 N–H and O–H groups in total. The quantitative estimate of drug-likeness (QED) is 0.842. The zero-order valence-corrected chi connectivity index (χ0v) is 13.1. The van der Waals surface area contributed by atoms with Gasteiger partial charge in [0.15, 0.2) is 0 Å². The van der Waals surface area contributed by atoms with Crippen molar-refractivity contribution in [3.63, 3.8) is 0 Å². The zero-order valence-electron chi connectivity index (χ0n) is 13.1. The maximum absolute atomic E-state index is 8.36. The second-order valence-electron chi connectivity index (χ2n) is 6.80. The molecule has 1 aromatic carbocycles. The smallest absolute Gasteiger partial charge is 0.290 e. The van der Waals surface area contributed by atoms with Crippen LogP contribution in [0.5, 0.6) is 0 Å². The summed E-state index contributed by atoms with van der Waals surface area (Å²) in [7, 11) is 0. The first kappa shape index (κ1) is 15.5. The Labute approximate surface area is 132 Å². The summed E-state index contributed by atoms with van der Waals surface area (Å²) in [6.07, 6.45) is 6.83. The van der Waals surface area contributed by atoms with Gasteiger partial charge in [-0.3, -0.25) is 4.79 Å². The van der Waals surface area contributed by atoms with E-state index in [1.165, 1.54) is 57.3 Å². The SMILES string of the molecule is O=CO.c1ccc(C2(NC3CN4CCC3CC4)CCC2)cc1. The molecule has 3 heterocycles. The van der Waals surface area contributed by atoms with Crippen molar-refractivity contribution in [2.75, 3.05) is 19.6 Å². The highest BCUT2D eigenvalue weighted by Crippen LogP contribution is 2.43. The van der Waals surface area contributed by atoms with Gasteiger partial charge in [-0.2, -0.15) is 0 Å². The molecular formula is C18H26N2O2. The Hall–Kier alpha value is -1.39. The van der Waals surface area contributed by atoms with Crippen LogP contribution in [0.25, 0.3) is 0 Å². The van der Waals surface area contributed by atoms with Gasteiger partial charge in [0, 0.05) is 18.1 Å². The molecule has 1 aliphatic carbocycles. The van der Waals surface area contributed by atoms with Gasteiger partial charge in [0.2, 0.25) is 0 Å². The number of fused-ring (bicyclic) bond motifs is 3. The Morgan fingerprint density at radius 1 is 1.18 bits per heavy atom. The fourth-order valence-corrected chi connectivity index (χ4v) is 4.29. The number of carbonyl (C=O) groups is 1. The number of hydrogen-bond acceptors (Lipinski definition) is 3. The number of piperidine rings is 3. The fourth-order valence-electron chi connectivity index (χ4n) is 4.29. The molecular weight excluding hydrogens is 276 g/mol. The van der Waals surface area contributed by atoms with E-state index in [9.17, 15) is 0 Å². The molecule has 1 atom stereocenters. The lowest BCUT2D eigenvalue weighted by Gasteiger charge is -2.52. The lowest BCUT2D eigenvalue weighted by Crippen LogP contribution is -2.62. The van der Waals surface area contributed by atoms with Crippen LogP contribution in [-0.4, -0.2) is 42.2 Å². The van der Waals surface area contributed by atoms with E-state index in [1.54, 1.807) is 0 Å². The Morgan fingerprint density at radius 2 is 1.82 bits per heavy atom. The summed E-state index contributed by atoms with van der Waals surface area (Å²) in [6, 6.07) is 11.9. The fraction of sp³-hybridized carbons (Fsp3) is 0.611. The average molecular weight is 302 g/mol. The molecule has 2 bridgehead atoms. The van der Waals surface area contributed by atoms with E-state index < -0.39 is 0 Å². The number of nitrogens with zero attached hydrogens (tertiary/aromatic N) is 1. The Balaban J connectivity index is 0.000000446. The second-order valence-corrected chi connectivity index (χ2v) is 6.80. The minimum Gasteiger partial charge on any atom is -0.483 e. The minimum absolute atomic E-state index is 0.250. The van der Waals surface area contributed by atoms with Crippen molar-refractivity contribution < 1.29 is 9.90 Å². The van der Waals surface area contributed by atoms with Crippen LogP contribution in [0.15, 0.2) is 30.3 Å². The highest BCUT2D eigenvalue weighted by molar-refractivity contribution is 5.32. The van der Waals surface area contributed by atoms with Crippen molar-refractivity contribution in [1.82, 2.24) is 10.2 Å². The summed E-state index contributed by atoms with van der Waals surface area (Å²) >= 11 is 0. The molecule has 4 fully saturated rings. The van der Waals surface area contributed by atoms with Gasteiger partial charge in [-0.15, -0.1) is 0 Å². The summed E-state index contributed by atoms with van der Waals surface area (Å²) in [5, 5.41) is 11.0. The lowest BCUT2D eigenvalue weighted by molar-refractivity contribution is -0.122. The van der Waals surface area contributed by atoms with E-state index >= 15 is 0 Å². The van der Waals surface area contributed by atoms with E-state index in [0.29, 0.717) is 5.54 Å². The van der Waals surface area contributed by atoms with E-state index in [1.807, 2.05) is 0 Å². The molecule has 1 aromatic rings. The normalized spacial score (nSPS) is 31.5. The first-order valence-corrected chi connectivity index (χ1v) is 8.41. The molecule has 4 heteroatoms. The first-order chi connectivity index (χ1) is 10.8. The van der Waals surface area contributed by atoms with Crippen molar-refractivity contribution in [2.45, 2.75) is 43.7 Å². The van der Waals surface area contributed by atoms with Gasteiger partial charge in [0.25, 0.3) is 6.47 Å². The van der Waals surface area contributed by atoms with Gasteiger partial charge in [0.1, 0.15) is 0 Å². The van der Waals surface area contributed by atoms with Crippen LogP contribution < -0.4 is 5.32 Å². The van der Waals surface area contributed by atoms with Crippen LogP contribution in [0.4, 0.5) is 0 Å². The van der Waals surface area contributed by atoms with E-state index in [-0.39, 0.29) is 6.47 Å². The van der Waals surface area contributed by atoms with E-state index in [2.05, 4.69) is 40.5 Å². The van der Waals surface area contributed by atoms with Gasteiger partial charge in [0.05, 0.1) is 0 Å². The van der Waals surface area contributed by atoms with Gasteiger partial charge in [-0.25, -0.2) is 0 Å². The van der Waals surface area contributed by atoms with E-state index in [4.69, 9.17) is 9.90 Å². The first-order valence-electron chi connectivity index (χ1n) is 8.41. The molecule has 22 heavy (non-hydrogen) atoms. The highest BCUT2D eigenvalue weighted by Gasteiger charge is 2.43. The van der Waals surface area contributed by atoms with Crippen LogP contribution >= 0.6 is 0 Å². The third-order valence-corrected chi connectivity index (χ3v) is 5.65. The van der Waals surface area contributed by atoms with Crippen molar-refractivity contribution in [2.24, 2.45) is 5.92 Å². The molecule has 1 saturated carbocycles. The molecule has 5 rings (SSSR count). The van der Waals surface area contributed by atoms with Crippen LogP contribution in [0.2, 0.25) is 0 Å². The summed E-state index contributed by atoms with van der Waals surface area (Å²) in [4.78, 5) is 11.0. The molecule has 1 unspecified atom stereocenters. The van der Waals surface area contributed by atoms with Crippen molar-refractivity contribution in [1.29, 1.82) is 0 Å². The molecule has 0 aromatic heterocycles. The number of nitrogens with one attached hydrogen (secondary N) is 1. The van der Waals surface area contributed by atoms with Crippen LogP contribution in [-0.2, 0) is 10.3 Å². The number of carboxylic acid groups (broad SMARTS) is 1. The Morgan fingerprint density at radius 3 is 2.27 bits per heavy atom. The Kier molecular flexibility index (Phi) is 4.79.